The van der Waals surface area contributed by atoms with Gasteiger partial charge in [-0.25, -0.2) is 4.21 Å². The van der Waals surface area contributed by atoms with Crippen LogP contribution in [0.1, 0.15) is 10.4 Å². The van der Waals surface area contributed by atoms with Crippen LogP contribution in [0.5, 0.6) is 5.75 Å². The Morgan fingerprint density at radius 3 is 2.64 bits per heavy atom. The van der Waals surface area contributed by atoms with Gasteiger partial charge in [-0.2, -0.15) is 10.2 Å². The van der Waals surface area contributed by atoms with E-state index in [9.17, 15) is 18.9 Å². The van der Waals surface area contributed by atoms with E-state index in [1.54, 1.807) is 36.4 Å². The monoisotopic (exact) mass is 399 g/mol. The number of benzene rings is 2. The van der Waals surface area contributed by atoms with Crippen molar-refractivity contribution in [2.45, 2.75) is 11.4 Å². The summed E-state index contributed by atoms with van der Waals surface area (Å²) in [5.74, 6) is 3.67. The van der Waals surface area contributed by atoms with Crippen molar-refractivity contribution in [2.24, 2.45) is 5.90 Å². The number of rotatable bonds is 6. The van der Waals surface area contributed by atoms with Gasteiger partial charge in [-0.3, -0.25) is 9.59 Å². The van der Waals surface area contributed by atoms with Crippen molar-refractivity contribution in [3.8, 4) is 5.75 Å². The van der Waals surface area contributed by atoms with E-state index in [2.05, 4.69) is 16.2 Å². The summed E-state index contributed by atoms with van der Waals surface area (Å²) in [6.45, 7) is 3.78. The Morgan fingerprint density at radius 1 is 1.25 bits per heavy atom. The highest BCUT2D eigenvalue weighted by Gasteiger charge is 2.23. The summed E-state index contributed by atoms with van der Waals surface area (Å²) in [5.41, 5.74) is -0.505. The van der Waals surface area contributed by atoms with Gasteiger partial charge in [-0.05, 0) is 24.3 Å². The topological polar surface area (TPSA) is 124 Å². The third-order valence-electron chi connectivity index (χ3n) is 4.09. The highest BCUT2D eigenvalue weighted by molar-refractivity contribution is 7.80. The molecule has 0 aliphatic heterocycles. The van der Waals surface area contributed by atoms with E-state index in [4.69, 9.17) is 5.90 Å². The number of hydrogen-bond donors (Lipinski definition) is 3. The van der Waals surface area contributed by atoms with E-state index in [1.807, 2.05) is 0 Å². The Bertz CT molecular complexity index is 1160. The Morgan fingerprint density at radius 2 is 1.93 bits per heavy atom. The highest BCUT2D eigenvalue weighted by atomic mass is 32.2. The van der Waals surface area contributed by atoms with E-state index in [1.165, 1.54) is 22.8 Å². The number of anilines is 1. The smallest absolute Gasteiger partial charge is 0.268 e. The molecule has 9 heteroatoms. The number of nitrogens with zero attached hydrogens (tertiary/aromatic N) is 1. The summed E-state index contributed by atoms with van der Waals surface area (Å²) in [7, 11) is 0. The van der Waals surface area contributed by atoms with E-state index < -0.39 is 33.9 Å². The number of fused-ring (bicyclic) bond motifs is 1. The number of aromatic hydroxyl groups is 1. The normalized spacial score (nSPS) is 11.9. The minimum atomic E-state index is -2.01. The molecule has 0 bridgehead atoms. The molecule has 1 amide bonds. The van der Waals surface area contributed by atoms with Crippen LogP contribution in [0.4, 0.5) is 5.69 Å². The van der Waals surface area contributed by atoms with E-state index in [0.717, 1.165) is 0 Å². The van der Waals surface area contributed by atoms with Gasteiger partial charge in [0.15, 0.2) is 0 Å². The minimum Gasteiger partial charge on any atom is -0.506 e. The lowest BCUT2D eigenvalue weighted by Crippen LogP contribution is -2.29. The van der Waals surface area contributed by atoms with Crippen molar-refractivity contribution in [1.29, 1.82) is 0 Å². The minimum absolute atomic E-state index is 0.116. The third kappa shape index (κ3) is 3.46. The quantitative estimate of drug-likeness (QED) is 0.431. The van der Waals surface area contributed by atoms with Crippen LogP contribution in [-0.2, 0) is 21.9 Å². The number of aromatic nitrogens is 1. The average Bonchev–Trinajstić information content (AvgIpc) is 2.71. The van der Waals surface area contributed by atoms with E-state index >= 15 is 0 Å². The maximum absolute atomic E-state index is 12.9. The molecule has 0 saturated heterocycles. The first-order valence-electron chi connectivity index (χ1n) is 8.14. The predicted molar refractivity (Wildman–Crippen MR) is 106 cm³/mol. The summed E-state index contributed by atoms with van der Waals surface area (Å²) >= 11 is -2.01. The number of nitrogens with one attached hydrogen (secondary N) is 1. The van der Waals surface area contributed by atoms with Crippen LogP contribution < -0.4 is 16.8 Å². The molecule has 3 rings (SSSR count). The summed E-state index contributed by atoms with van der Waals surface area (Å²) < 4.78 is 17.5. The Balaban J connectivity index is 2.15. The summed E-state index contributed by atoms with van der Waals surface area (Å²) in [4.78, 5) is 25.8. The number of nitrogens with two attached hydrogens (primary N) is 1. The lowest BCUT2D eigenvalue weighted by molar-refractivity contribution is 0.102. The molecule has 1 heterocycles. The van der Waals surface area contributed by atoms with Gasteiger partial charge in [0.25, 0.3) is 11.5 Å². The second-order valence-corrected chi connectivity index (χ2v) is 6.83. The maximum atomic E-state index is 12.9. The van der Waals surface area contributed by atoms with Crippen LogP contribution >= 0.6 is 0 Å². The second kappa shape index (κ2) is 8.17. The second-order valence-electron chi connectivity index (χ2n) is 5.73. The molecule has 4 N–H and O–H groups in total. The van der Waals surface area contributed by atoms with Crippen LogP contribution in [0, 0.1) is 0 Å². The number of para-hydroxylation sites is 2. The van der Waals surface area contributed by atoms with Crippen LogP contribution in [-0.4, -0.2) is 19.8 Å². The highest BCUT2D eigenvalue weighted by Crippen LogP contribution is 2.27. The first kappa shape index (κ1) is 19.5. The summed E-state index contributed by atoms with van der Waals surface area (Å²) in [6, 6.07) is 12.8. The molecule has 0 radical (unpaired) electrons. The lowest BCUT2D eigenvalue weighted by Gasteiger charge is -2.14. The van der Waals surface area contributed by atoms with Crippen LogP contribution in [0.2, 0.25) is 0 Å². The van der Waals surface area contributed by atoms with Crippen molar-refractivity contribution in [1.82, 2.24) is 4.57 Å². The van der Waals surface area contributed by atoms with Gasteiger partial charge in [-0.15, -0.1) is 6.58 Å². The fourth-order valence-electron chi connectivity index (χ4n) is 2.86. The van der Waals surface area contributed by atoms with Crippen molar-refractivity contribution in [3.05, 3.63) is 77.1 Å². The molecule has 1 atom stereocenters. The molecular weight excluding hydrogens is 382 g/mol. The number of carbonyl (C=O) groups excluding carboxylic acids is 1. The molecule has 2 aromatic carbocycles. The molecular formula is C19H17N3O5S. The molecule has 144 valence electrons. The molecule has 1 unspecified atom stereocenters. The molecule has 0 aliphatic rings. The standard InChI is InChI=1S/C19H17N3O5S/c1-2-11-22-14-9-5-3-7-12(14)17(23)16(19(22)25)18(24)21-13-8-4-6-10-15(13)28(26)27-20/h2-10,23H,1,11,20H2,(H,21,24). The van der Waals surface area contributed by atoms with Crippen molar-refractivity contribution in [2.75, 3.05) is 5.32 Å². The zero-order valence-electron chi connectivity index (χ0n) is 14.6. The van der Waals surface area contributed by atoms with Gasteiger partial charge in [0.1, 0.15) is 11.3 Å². The maximum Gasteiger partial charge on any atom is 0.268 e. The molecule has 28 heavy (non-hydrogen) atoms. The Hall–Kier alpha value is -3.27. The van der Waals surface area contributed by atoms with Gasteiger partial charge in [-0.1, -0.05) is 30.3 Å². The first-order chi connectivity index (χ1) is 13.5. The van der Waals surface area contributed by atoms with Gasteiger partial charge in [0.05, 0.1) is 16.1 Å². The first-order valence-corrected chi connectivity index (χ1v) is 9.21. The number of pyridine rings is 1. The van der Waals surface area contributed by atoms with Crippen molar-refractivity contribution < 1.29 is 18.4 Å². The van der Waals surface area contributed by atoms with Gasteiger partial charge < -0.3 is 15.0 Å². The summed E-state index contributed by atoms with van der Waals surface area (Å²) in [5, 5.41) is 13.4. The fourth-order valence-corrected chi connectivity index (χ4v) is 3.45. The molecule has 3 aromatic rings. The zero-order chi connectivity index (χ0) is 20.3. The number of hydrogen-bond acceptors (Lipinski definition) is 6. The van der Waals surface area contributed by atoms with Crippen LogP contribution in [0.3, 0.4) is 0 Å². The van der Waals surface area contributed by atoms with Gasteiger partial charge in [0, 0.05) is 11.9 Å². The van der Waals surface area contributed by atoms with Crippen LogP contribution in [0.25, 0.3) is 10.9 Å². The molecule has 0 fully saturated rings. The Labute approximate surface area is 162 Å². The third-order valence-corrected chi connectivity index (χ3v) is 4.98. The largest absolute Gasteiger partial charge is 0.506 e. The SMILES string of the molecule is C=CCn1c(=O)c(C(=O)Nc2ccccc2S(=O)ON)c(O)c2ccccc21. The van der Waals surface area contributed by atoms with Crippen LogP contribution in [0.15, 0.2) is 70.9 Å². The Kier molecular flexibility index (Phi) is 5.69. The molecule has 0 saturated carbocycles. The van der Waals surface area contributed by atoms with Crippen molar-refractivity contribution >= 4 is 33.6 Å². The number of amides is 1. The molecule has 0 aliphatic carbocycles. The summed E-state index contributed by atoms with van der Waals surface area (Å²) in [6.07, 6.45) is 1.52. The van der Waals surface area contributed by atoms with Gasteiger partial charge in [0.2, 0.25) is 11.1 Å². The van der Waals surface area contributed by atoms with Crippen molar-refractivity contribution in [3.63, 3.8) is 0 Å². The number of allylic oxidation sites excluding steroid dienone is 1. The van der Waals surface area contributed by atoms with Gasteiger partial charge >= 0.3 is 0 Å². The van der Waals surface area contributed by atoms with E-state index in [-0.39, 0.29) is 17.1 Å². The predicted octanol–water partition coefficient (Wildman–Crippen LogP) is 2.06. The molecule has 8 nitrogen and oxygen atoms in total. The molecule has 1 aromatic heterocycles. The zero-order valence-corrected chi connectivity index (χ0v) is 15.4. The fraction of sp³-hybridized carbons (Fsp3) is 0.0526. The lowest BCUT2D eigenvalue weighted by atomic mass is 10.1. The van der Waals surface area contributed by atoms with E-state index in [0.29, 0.717) is 10.9 Å². The number of carbonyl (C=O) groups is 1. The molecule has 0 spiro atoms. The average molecular weight is 399 g/mol.